The molecule has 1 fully saturated rings. The lowest BCUT2D eigenvalue weighted by Crippen LogP contribution is -2.45. The molecule has 5 nitrogen and oxygen atoms in total. The van der Waals surface area contributed by atoms with E-state index in [-0.39, 0.29) is 5.56 Å². The first kappa shape index (κ1) is 13.1. The van der Waals surface area contributed by atoms with E-state index in [0.717, 1.165) is 13.0 Å². The summed E-state index contributed by atoms with van der Waals surface area (Å²) in [5.74, 6) is -0.460. The monoisotopic (exact) mass is 252 g/mol. The third-order valence-corrected chi connectivity index (χ3v) is 3.63. The van der Waals surface area contributed by atoms with Gasteiger partial charge in [-0.05, 0) is 33.2 Å². The number of nitrogens with zero attached hydrogens (tertiary/aromatic N) is 2. The Bertz CT molecular complexity index is 414. The Morgan fingerprint density at radius 1 is 1.61 bits per heavy atom. The van der Waals surface area contributed by atoms with Gasteiger partial charge < -0.3 is 9.63 Å². The van der Waals surface area contributed by atoms with Crippen molar-refractivity contribution >= 4 is 5.97 Å². The maximum atomic E-state index is 11.0. The van der Waals surface area contributed by atoms with Gasteiger partial charge >= 0.3 is 5.97 Å². The number of hydrogen-bond donors (Lipinski definition) is 1. The summed E-state index contributed by atoms with van der Waals surface area (Å²) in [6.45, 7) is 5.44. The van der Waals surface area contributed by atoms with Crippen LogP contribution in [0.5, 0.6) is 0 Å². The van der Waals surface area contributed by atoms with Crippen LogP contribution < -0.4 is 0 Å². The molecular weight excluding hydrogens is 232 g/mol. The Kier molecular flexibility index (Phi) is 4.01. The molecule has 2 heterocycles. The number of piperidine rings is 1. The molecule has 2 rings (SSSR count). The molecular formula is C13H20N2O3. The predicted octanol–water partition coefficient (Wildman–Crippen LogP) is 2.18. The quantitative estimate of drug-likeness (QED) is 0.889. The predicted molar refractivity (Wildman–Crippen MR) is 66.6 cm³/mol. The summed E-state index contributed by atoms with van der Waals surface area (Å²) in [6.07, 6.45) is 5.44. The molecule has 1 aromatic rings. The lowest BCUT2D eigenvalue weighted by atomic mass is 9.96. The van der Waals surface area contributed by atoms with Gasteiger partial charge in [-0.3, -0.25) is 4.90 Å². The molecule has 1 aliphatic heterocycles. The van der Waals surface area contributed by atoms with E-state index in [1.807, 2.05) is 0 Å². The van der Waals surface area contributed by atoms with E-state index < -0.39 is 5.97 Å². The smallest absolute Gasteiger partial charge is 0.340 e. The summed E-state index contributed by atoms with van der Waals surface area (Å²) in [6, 6.07) is 0.844. The fraction of sp³-hybridized carbons (Fsp3) is 0.692. The van der Waals surface area contributed by atoms with E-state index in [2.05, 4.69) is 23.9 Å². The molecule has 1 aliphatic rings. The summed E-state index contributed by atoms with van der Waals surface area (Å²) in [5.41, 5.74) is 0.198. The SMILES string of the molecule is CC(C)N1CCCCC1Cc1oncc1C(=O)O. The molecule has 0 aromatic carbocycles. The largest absolute Gasteiger partial charge is 0.478 e. The van der Waals surface area contributed by atoms with Crippen LogP contribution in [-0.4, -0.2) is 39.8 Å². The van der Waals surface area contributed by atoms with Gasteiger partial charge in [-0.1, -0.05) is 11.6 Å². The van der Waals surface area contributed by atoms with Gasteiger partial charge in [0.1, 0.15) is 5.56 Å². The van der Waals surface area contributed by atoms with E-state index in [1.54, 1.807) is 0 Å². The normalized spacial score (nSPS) is 21.4. The number of hydrogen-bond acceptors (Lipinski definition) is 4. The zero-order valence-electron chi connectivity index (χ0n) is 10.9. The number of rotatable bonds is 4. The van der Waals surface area contributed by atoms with Gasteiger partial charge in [0, 0.05) is 18.5 Å². The van der Waals surface area contributed by atoms with Crippen LogP contribution in [0.2, 0.25) is 0 Å². The highest BCUT2D eigenvalue weighted by Gasteiger charge is 2.27. The first-order valence-electron chi connectivity index (χ1n) is 6.52. The Morgan fingerprint density at radius 3 is 3.06 bits per heavy atom. The van der Waals surface area contributed by atoms with Crippen LogP contribution >= 0.6 is 0 Å². The molecule has 18 heavy (non-hydrogen) atoms. The third kappa shape index (κ3) is 2.72. The van der Waals surface area contributed by atoms with Crippen molar-refractivity contribution in [1.29, 1.82) is 0 Å². The maximum absolute atomic E-state index is 11.0. The van der Waals surface area contributed by atoms with E-state index in [0.29, 0.717) is 24.3 Å². The molecule has 100 valence electrons. The van der Waals surface area contributed by atoms with Crippen LogP contribution in [0.15, 0.2) is 10.7 Å². The van der Waals surface area contributed by atoms with Crippen molar-refractivity contribution in [1.82, 2.24) is 10.1 Å². The summed E-state index contributed by atoms with van der Waals surface area (Å²) in [5, 5.41) is 12.6. The lowest BCUT2D eigenvalue weighted by Gasteiger charge is -2.38. The molecule has 1 atom stereocenters. The van der Waals surface area contributed by atoms with Crippen LogP contribution in [0, 0.1) is 0 Å². The molecule has 0 bridgehead atoms. The molecule has 0 spiro atoms. The first-order chi connectivity index (χ1) is 8.59. The number of aromatic carboxylic acids is 1. The van der Waals surface area contributed by atoms with Gasteiger partial charge in [-0.2, -0.15) is 0 Å². The fourth-order valence-corrected chi connectivity index (χ4v) is 2.72. The Morgan fingerprint density at radius 2 is 2.39 bits per heavy atom. The fourth-order valence-electron chi connectivity index (χ4n) is 2.72. The molecule has 1 saturated heterocycles. The highest BCUT2D eigenvalue weighted by molar-refractivity contribution is 5.88. The minimum Gasteiger partial charge on any atom is -0.478 e. The molecule has 0 amide bonds. The van der Waals surface area contributed by atoms with Gasteiger partial charge in [0.25, 0.3) is 0 Å². The van der Waals surface area contributed by atoms with Crippen molar-refractivity contribution < 1.29 is 14.4 Å². The number of carboxylic acids is 1. The van der Waals surface area contributed by atoms with Gasteiger partial charge in [0.2, 0.25) is 0 Å². The topological polar surface area (TPSA) is 66.6 Å². The van der Waals surface area contributed by atoms with Crippen LogP contribution in [0.25, 0.3) is 0 Å². The van der Waals surface area contributed by atoms with Crippen LogP contribution in [0.3, 0.4) is 0 Å². The van der Waals surface area contributed by atoms with Gasteiger partial charge in [0.05, 0.1) is 6.20 Å². The molecule has 1 N–H and O–H groups in total. The highest BCUT2D eigenvalue weighted by atomic mass is 16.5. The van der Waals surface area contributed by atoms with Crippen LogP contribution in [-0.2, 0) is 6.42 Å². The standard InChI is InChI=1S/C13H20N2O3/c1-9(2)15-6-4-3-5-10(15)7-12-11(13(16)17)8-14-18-12/h8-10H,3-7H2,1-2H3,(H,16,17). The van der Waals surface area contributed by atoms with Crippen molar-refractivity contribution in [2.75, 3.05) is 6.54 Å². The summed E-state index contributed by atoms with van der Waals surface area (Å²) >= 11 is 0. The maximum Gasteiger partial charge on any atom is 0.340 e. The summed E-state index contributed by atoms with van der Waals surface area (Å²) in [4.78, 5) is 13.5. The summed E-state index contributed by atoms with van der Waals surface area (Å²) < 4.78 is 5.10. The van der Waals surface area contributed by atoms with Crippen LogP contribution in [0.4, 0.5) is 0 Å². The number of likely N-dealkylation sites (tertiary alicyclic amines) is 1. The zero-order chi connectivity index (χ0) is 13.1. The van der Waals surface area contributed by atoms with Gasteiger partial charge in [-0.15, -0.1) is 0 Å². The average Bonchev–Trinajstić information content (AvgIpc) is 2.77. The molecule has 0 aliphatic carbocycles. The van der Waals surface area contributed by atoms with Crippen molar-refractivity contribution in [2.45, 2.75) is 51.6 Å². The Hall–Kier alpha value is -1.36. The van der Waals surface area contributed by atoms with E-state index >= 15 is 0 Å². The van der Waals surface area contributed by atoms with Crippen molar-refractivity contribution in [2.24, 2.45) is 0 Å². The Balaban J connectivity index is 2.11. The van der Waals surface area contributed by atoms with E-state index in [4.69, 9.17) is 9.63 Å². The number of aromatic nitrogens is 1. The molecule has 0 radical (unpaired) electrons. The molecule has 1 unspecified atom stereocenters. The minimum atomic E-state index is -0.960. The summed E-state index contributed by atoms with van der Waals surface area (Å²) in [7, 11) is 0. The second kappa shape index (κ2) is 5.52. The minimum absolute atomic E-state index is 0.198. The Labute approximate surface area is 107 Å². The lowest BCUT2D eigenvalue weighted by molar-refractivity contribution is 0.0691. The highest BCUT2D eigenvalue weighted by Crippen LogP contribution is 2.24. The third-order valence-electron chi connectivity index (χ3n) is 3.63. The molecule has 1 aromatic heterocycles. The van der Waals surface area contributed by atoms with Crippen molar-refractivity contribution in [3.05, 3.63) is 17.5 Å². The van der Waals surface area contributed by atoms with Gasteiger partial charge in [0.15, 0.2) is 5.76 Å². The second-order valence-electron chi connectivity index (χ2n) is 5.15. The van der Waals surface area contributed by atoms with Crippen molar-refractivity contribution in [3.63, 3.8) is 0 Å². The van der Waals surface area contributed by atoms with Crippen molar-refractivity contribution in [3.8, 4) is 0 Å². The number of carboxylic acid groups (broad SMARTS) is 1. The zero-order valence-corrected chi connectivity index (χ0v) is 10.9. The van der Waals surface area contributed by atoms with Crippen LogP contribution in [0.1, 0.15) is 49.2 Å². The van der Waals surface area contributed by atoms with E-state index in [1.165, 1.54) is 19.0 Å². The average molecular weight is 252 g/mol. The molecule has 5 heteroatoms. The molecule has 0 saturated carbocycles. The number of carbonyl (C=O) groups is 1. The second-order valence-corrected chi connectivity index (χ2v) is 5.15. The first-order valence-corrected chi connectivity index (χ1v) is 6.52. The van der Waals surface area contributed by atoms with Gasteiger partial charge in [-0.25, -0.2) is 4.79 Å². The van der Waals surface area contributed by atoms with E-state index in [9.17, 15) is 4.79 Å².